The molecule has 1 aromatic heterocycles. The number of aryl methyl sites for hydroxylation is 1. The van der Waals surface area contributed by atoms with Gasteiger partial charge in [-0.3, -0.25) is 0 Å². The molecule has 0 aliphatic heterocycles. The van der Waals surface area contributed by atoms with Crippen LogP contribution in [0.1, 0.15) is 58.0 Å². The minimum Gasteiger partial charge on any atom is -0.434 e. The highest BCUT2D eigenvalue weighted by Gasteiger charge is 2.50. The topological polar surface area (TPSA) is 66.2 Å². The molecule has 128 valence electrons. The van der Waals surface area contributed by atoms with Crippen LogP contribution in [-0.4, -0.2) is 33.9 Å². The van der Waals surface area contributed by atoms with Gasteiger partial charge in [0.05, 0.1) is 24.1 Å². The maximum absolute atomic E-state index is 11.5. The zero-order valence-corrected chi connectivity index (χ0v) is 14.5. The van der Waals surface area contributed by atoms with Crippen LogP contribution in [0.15, 0.2) is 0 Å². The van der Waals surface area contributed by atoms with Crippen LogP contribution in [0.25, 0.3) is 0 Å². The lowest BCUT2D eigenvalue weighted by molar-refractivity contribution is 0.0303. The van der Waals surface area contributed by atoms with E-state index in [1.807, 2.05) is 13.8 Å². The van der Waals surface area contributed by atoms with Gasteiger partial charge in [0.2, 0.25) is 0 Å². The number of fused-ring (bicyclic) bond motifs is 2. The molecule has 1 fully saturated rings. The maximum atomic E-state index is 11.5. The average Bonchev–Trinajstić information content (AvgIpc) is 2.93. The van der Waals surface area contributed by atoms with E-state index >= 15 is 0 Å². The van der Waals surface area contributed by atoms with Gasteiger partial charge in [0, 0.05) is 6.04 Å². The normalized spacial score (nSPS) is 26.3. The third-order valence-corrected chi connectivity index (χ3v) is 5.02. The largest absolute Gasteiger partial charge is 0.508 e. The van der Waals surface area contributed by atoms with Gasteiger partial charge in [-0.2, -0.15) is 0 Å². The summed E-state index contributed by atoms with van der Waals surface area (Å²) in [5.41, 5.74) is 2.45. The first kappa shape index (κ1) is 16.3. The first-order valence-electron chi connectivity index (χ1n) is 8.73. The van der Waals surface area contributed by atoms with Crippen molar-refractivity contribution in [2.75, 3.05) is 6.61 Å². The van der Waals surface area contributed by atoms with E-state index < -0.39 is 6.16 Å². The van der Waals surface area contributed by atoms with Gasteiger partial charge in [-0.15, -0.1) is 5.10 Å². The number of rotatable bonds is 4. The number of nitrogens with zero attached hydrogens (tertiary/aromatic N) is 3. The van der Waals surface area contributed by atoms with Crippen LogP contribution in [0, 0.1) is 17.8 Å². The fourth-order valence-electron chi connectivity index (χ4n) is 3.84. The van der Waals surface area contributed by atoms with Gasteiger partial charge in [-0.05, 0) is 71.1 Å². The van der Waals surface area contributed by atoms with Crippen LogP contribution >= 0.6 is 0 Å². The molecule has 3 rings (SSSR count). The summed E-state index contributed by atoms with van der Waals surface area (Å²) in [6, 6.07) is 0.352. The van der Waals surface area contributed by atoms with Crippen LogP contribution in [0.2, 0.25) is 0 Å². The Bertz CT molecular complexity index is 567. The van der Waals surface area contributed by atoms with Crippen molar-refractivity contribution in [1.82, 2.24) is 15.0 Å². The zero-order valence-electron chi connectivity index (χ0n) is 14.5. The molecule has 0 N–H and O–H groups in total. The molecule has 23 heavy (non-hydrogen) atoms. The number of carbonyl (C=O) groups excluding carboxylic acids is 1. The Morgan fingerprint density at radius 3 is 2.57 bits per heavy atom. The maximum Gasteiger partial charge on any atom is 0.508 e. The van der Waals surface area contributed by atoms with Gasteiger partial charge in [0.25, 0.3) is 0 Å². The molecule has 0 radical (unpaired) electrons. The van der Waals surface area contributed by atoms with Crippen LogP contribution in [0.3, 0.4) is 0 Å². The molecule has 3 atom stereocenters. The molecule has 1 saturated carbocycles. The van der Waals surface area contributed by atoms with E-state index in [9.17, 15) is 4.79 Å². The van der Waals surface area contributed by atoms with Crippen molar-refractivity contribution in [2.24, 2.45) is 17.8 Å². The van der Waals surface area contributed by atoms with Gasteiger partial charge in [0.1, 0.15) is 0 Å². The molecular formula is C17H27N3O3. The first-order chi connectivity index (χ1) is 11.0. The van der Waals surface area contributed by atoms with Crippen LogP contribution in [0.4, 0.5) is 4.79 Å². The highest BCUT2D eigenvalue weighted by Crippen LogP contribution is 2.53. The Morgan fingerprint density at radius 1 is 1.22 bits per heavy atom. The molecule has 2 aliphatic carbocycles. The molecule has 1 aromatic rings. The molecule has 1 heterocycles. The minimum atomic E-state index is -0.542. The van der Waals surface area contributed by atoms with E-state index in [-0.39, 0.29) is 6.10 Å². The van der Waals surface area contributed by atoms with Crippen LogP contribution in [0.5, 0.6) is 0 Å². The lowest BCUT2D eigenvalue weighted by atomic mass is 10.0. The van der Waals surface area contributed by atoms with Crippen molar-refractivity contribution in [3.63, 3.8) is 0 Å². The Kier molecular flexibility index (Phi) is 4.60. The number of carbonyl (C=O) groups is 1. The van der Waals surface area contributed by atoms with E-state index in [1.54, 1.807) is 0 Å². The van der Waals surface area contributed by atoms with Crippen molar-refractivity contribution >= 4 is 6.16 Å². The zero-order chi connectivity index (χ0) is 16.6. The molecule has 0 spiro atoms. The molecule has 0 aromatic carbocycles. The predicted octanol–water partition coefficient (Wildman–Crippen LogP) is 3.16. The quantitative estimate of drug-likeness (QED) is 0.797. The fourth-order valence-corrected chi connectivity index (χ4v) is 3.84. The van der Waals surface area contributed by atoms with Gasteiger partial charge < -0.3 is 9.47 Å². The van der Waals surface area contributed by atoms with E-state index in [1.165, 1.54) is 5.69 Å². The Hall–Kier alpha value is -1.59. The number of ether oxygens (including phenoxy) is 2. The third-order valence-electron chi connectivity index (χ3n) is 5.02. The lowest BCUT2D eigenvalue weighted by Crippen LogP contribution is -2.14. The summed E-state index contributed by atoms with van der Waals surface area (Å²) < 4.78 is 12.4. The molecule has 2 aliphatic rings. The molecule has 6 nitrogen and oxygen atoms in total. The van der Waals surface area contributed by atoms with Crippen molar-refractivity contribution in [1.29, 1.82) is 0 Å². The number of aromatic nitrogens is 3. The summed E-state index contributed by atoms with van der Waals surface area (Å²) in [4.78, 5) is 11.5. The minimum absolute atomic E-state index is 0.130. The van der Waals surface area contributed by atoms with Crippen LogP contribution in [-0.2, 0) is 22.3 Å². The number of hydrogen-bond acceptors (Lipinski definition) is 5. The number of hydrogen-bond donors (Lipinski definition) is 0. The Morgan fingerprint density at radius 2 is 1.91 bits per heavy atom. The second kappa shape index (κ2) is 6.49. The Balaban J connectivity index is 1.55. The summed E-state index contributed by atoms with van der Waals surface area (Å²) >= 11 is 0. The highest BCUT2D eigenvalue weighted by molar-refractivity contribution is 5.60. The summed E-state index contributed by atoms with van der Waals surface area (Å²) in [7, 11) is 0. The predicted molar refractivity (Wildman–Crippen MR) is 85.1 cm³/mol. The monoisotopic (exact) mass is 321 g/mol. The molecule has 0 saturated heterocycles. The van der Waals surface area contributed by atoms with Crippen molar-refractivity contribution in [3.8, 4) is 0 Å². The molecule has 0 amide bonds. The smallest absolute Gasteiger partial charge is 0.434 e. The van der Waals surface area contributed by atoms with E-state index in [0.717, 1.165) is 31.4 Å². The van der Waals surface area contributed by atoms with Gasteiger partial charge in [-0.25, -0.2) is 9.48 Å². The highest BCUT2D eigenvalue weighted by atomic mass is 16.7. The second-order valence-electron chi connectivity index (χ2n) is 7.32. The summed E-state index contributed by atoms with van der Waals surface area (Å²) in [6.45, 7) is 8.43. The van der Waals surface area contributed by atoms with Gasteiger partial charge in [-0.1, -0.05) is 5.21 Å². The Labute approximate surface area is 137 Å². The second-order valence-corrected chi connectivity index (χ2v) is 7.32. The summed E-state index contributed by atoms with van der Waals surface area (Å²) in [6.07, 6.45) is 3.58. The van der Waals surface area contributed by atoms with E-state index in [4.69, 9.17) is 9.47 Å². The standard InChI is InChI=1S/C17H27N3O3/c1-10(2)20-16-8-6-13-12(5-7-15(16)18-19-20)14(13)9-22-17(21)23-11(3)4/h10-14H,5-9H2,1-4H3/t12-,13+,14-/m1/s1. The third kappa shape index (κ3) is 3.51. The average molecular weight is 321 g/mol. The van der Waals surface area contributed by atoms with E-state index in [2.05, 4.69) is 28.8 Å². The first-order valence-corrected chi connectivity index (χ1v) is 8.73. The van der Waals surface area contributed by atoms with Gasteiger partial charge in [0.15, 0.2) is 0 Å². The van der Waals surface area contributed by atoms with E-state index in [0.29, 0.717) is 30.4 Å². The molecule has 6 heteroatoms. The van der Waals surface area contributed by atoms with Crippen molar-refractivity contribution in [3.05, 3.63) is 11.4 Å². The summed E-state index contributed by atoms with van der Waals surface area (Å²) in [5.74, 6) is 1.80. The molecule has 0 bridgehead atoms. The molecular weight excluding hydrogens is 294 g/mol. The molecule has 0 unspecified atom stereocenters. The van der Waals surface area contributed by atoms with Crippen molar-refractivity contribution < 1.29 is 14.3 Å². The fraction of sp³-hybridized carbons (Fsp3) is 0.824. The van der Waals surface area contributed by atoms with Crippen LogP contribution < -0.4 is 0 Å². The van der Waals surface area contributed by atoms with Crippen molar-refractivity contribution in [2.45, 2.75) is 65.5 Å². The van der Waals surface area contributed by atoms with Gasteiger partial charge >= 0.3 is 6.16 Å². The lowest BCUT2D eigenvalue weighted by Gasteiger charge is -2.12. The summed E-state index contributed by atoms with van der Waals surface area (Å²) in [5, 5.41) is 8.68. The SMILES string of the molecule is CC(C)OC(=O)OC[C@@H]1[C@@H]2CCc3nnn(C(C)C)c3CC[C@@H]21.